The summed E-state index contributed by atoms with van der Waals surface area (Å²) in [6, 6.07) is 3.97. The summed E-state index contributed by atoms with van der Waals surface area (Å²) in [4.78, 5) is 30.2. The van der Waals surface area contributed by atoms with Crippen LogP contribution >= 0.6 is 0 Å². The molecular formula is C21H20FN5O6S. The second kappa shape index (κ2) is 7.30. The number of aliphatic hydroxyl groups is 1. The van der Waals surface area contributed by atoms with Crippen molar-refractivity contribution in [3.05, 3.63) is 56.6 Å². The van der Waals surface area contributed by atoms with Crippen molar-refractivity contribution in [2.45, 2.75) is 38.6 Å². The highest BCUT2D eigenvalue weighted by Crippen LogP contribution is 2.40. The molecule has 0 amide bonds. The molecule has 0 saturated heterocycles. The molecule has 0 spiro atoms. The van der Waals surface area contributed by atoms with E-state index >= 15 is 0 Å². The molecule has 0 unspecified atom stereocenters. The molecule has 13 heteroatoms. The number of anilines is 1. The van der Waals surface area contributed by atoms with Crippen molar-refractivity contribution in [2.75, 3.05) is 5.73 Å². The molecule has 5 rings (SSSR count). The van der Waals surface area contributed by atoms with E-state index in [1.807, 2.05) is 0 Å². The van der Waals surface area contributed by atoms with Gasteiger partial charge in [0.25, 0.3) is 15.8 Å². The standard InChI is InChI=1S/C21H20FN5O6S/c1-2-21(30)13-4-17-18-11(7-27(17)19(28)12(13)8-33-20(21)29)10(6-25-34(24,31)32)9-3-15(23)14(22)5-16(9)26-18/h3-5,25,30H,2,6-8,23H2,1H3,(H2,24,31,32)/t21-/m0/s1. The van der Waals surface area contributed by atoms with Gasteiger partial charge in [0, 0.05) is 29.1 Å². The molecular weight excluding hydrogens is 469 g/mol. The monoisotopic (exact) mass is 489 g/mol. The van der Waals surface area contributed by atoms with Crippen LogP contribution in [0.15, 0.2) is 23.0 Å². The smallest absolute Gasteiger partial charge is 0.343 e. The van der Waals surface area contributed by atoms with Crippen LogP contribution in [0.1, 0.15) is 35.6 Å². The maximum Gasteiger partial charge on any atom is 0.343 e. The Morgan fingerprint density at radius 3 is 2.71 bits per heavy atom. The van der Waals surface area contributed by atoms with Gasteiger partial charge in [-0.25, -0.2) is 19.3 Å². The van der Waals surface area contributed by atoms with Gasteiger partial charge < -0.3 is 20.1 Å². The predicted octanol–water partition coefficient (Wildman–Crippen LogP) is 0.0940. The largest absolute Gasteiger partial charge is 0.458 e. The minimum Gasteiger partial charge on any atom is -0.458 e. The number of cyclic esters (lactones) is 1. The summed E-state index contributed by atoms with van der Waals surface area (Å²) < 4.78 is 46.1. The first-order chi connectivity index (χ1) is 15.9. The molecule has 4 heterocycles. The Labute approximate surface area is 192 Å². The SMILES string of the molecule is CC[C@@]1(O)C(=O)OCc2c1cc1n(c2=O)Cc2c-1nc1cc(F)c(N)cc1c2CNS(N)(=O)=O. The number of carbonyl (C=O) groups excluding carboxylic acids is 1. The molecule has 2 aliphatic rings. The summed E-state index contributed by atoms with van der Waals surface area (Å²) in [5.74, 6) is -1.57. The highest BCUT2D eigenvalue weighted by atomic mass is 32.2. The average molecular weight is 489 g/mol. The van der Waals surface area contributed by atoms with Crippen LogP contribution in [0.4, 0.5) is 10.1 Å². The highest BCUT2D eigenvalue weighted by molar-refractivity contribution is 7.87. The van der Waals surface area contributed by atoms with Crippen LogP contribution in [0.25, 0.3) is 22.3 Å². The lowest BCUT2D eigenvalue weighted by molar-refractivity contribution is -0.172. The van der Waals surface area contributed by atoms with Crippen molar-refractivity contribution in [3.8, 4) is 11.4 Å². The van der Waals surface area contributed by atoms with Gasteiger partial charge in [-0.2, -0.15) is 13.1 Å². The van der Waals surface area contributed by atoms with E-state index in [1.54, 1.807) is 6.92 Å². The number of nitrogen functional groups attached to an aromatic ring is 1. The van der Waals surface area contributed by atoms with E-state index in [4.69, 9.17) is 15.6 Å². The highest BCUT2D eigenvalue weighted by Gasteiger charge is 2.45. The Hall–Kier alpha value is -3.39. The third kappa shape index (κ3) is 3.20. The second-order valence-electron chi connectivity index (χ2n) is 8.28. The number of fused-ring (bicyclic) bond motifs is 5. The molecule has 6 N–H and O–H groups in total. The number of esters is 1. The summed E-state index contributed by atoms with van der Waals surface area (Å²) in [5.41, 5.74) is 5.07. The normalized spacial score (nSPS) is 19.0. The first-order valence-corrected chi connectivity index (χ1v) is 11.8. The maximum atomic E-state index is 14.2. The Balaban J connectivity index is 1.81. The van der Waals surface area contributed by atoms with Crippen LogP contribution in [0.5, 0.6) is 0 Å². The van der Waals surface area contributed by atoms with Crippen molar-refractivity contribution >= 4 is 32.8 Å². The number of nitrogens with two attached hydrogens (primary N) is 2. The number of pyridine rings is 2. The van der Waals surface area contributed by atoms with Crippen molar-refractivity contribution in [1.29, 1.82) is 0 Å². The topological polar surface area (TPSA) is 180 Å². The molecule has 0 bridgehead atoms. The number of aromatic nitrogens is 2. The Morgan fingerprint density at radius 2 is 2.03 bits per heavy atom. The number of carbonyl (C=O) groups is 1. The second-order valence-corrected chi connectivity index (χ2v) is 9.66. The van der Waals surface area contributed by atoms with Crippen molar-refractivity contribution in [3.63, 3.8) is 0 Å². The number of hydrogen-bond donors (Lipinski definition) is 4. The molecule has 3 aromatic rings. The summed E-state index contributed by atoms with van der Waals surface area (Å²) in [7, 11) is -4.07. The molecule has 1 aromatic carbocycles. The van der Waals surface area contributed by atoms with Crippen LogP contribution < -0.4 is 21.2 Å². The summed E-state index contributed by atoms with van der Waals surface area (Å²) in [6.45, 7) is 1.07. The van der Waals surface area contributed by atoms with Crippen LogP contribution in [-0.2, 0) is 45.0 Å². The molecule has 11 nitrogen and oxygen atoms in total. The maximum absolute atomic E-state index is 14.2. The molecule has 1 atom stereocenters. The molecule has 0 fully saturated rings. The van der Waals surface area contributed by atoms with Gasteiger partial charge in [0.05, 0.1) is 34.7 Å². The van der Waals surface area contributed by atoms with Gasteiger partial charge in [-0.15, -0.1) is 0 Å². The summed E-state index contributed by atoms with van der Waals surface area (Å²) in [5, 5.41) is 16.5. The average Bonchev–Trinajstić information content (AvgIpc) is 3.13. The van der Waals surface area contributed by atoms with E-state index in [9.17, 15) is 27.5 Å². The number of ether oxygens (including phenoxy) is 1. The quantitative estimate of drug-likeness (QED) is 0.230. The molecule has 2 aliphatic heterocycles. The minimum atomic E-state index is -4.07. The van der Waals surface area contributed by atoms with Gasteiger partial charge >= 0.3 is 5.97 Å². The van der Waals surface area contributed by atoms with E-state index in [-0.39, 0.29) is 48.4 Å². The minimum absolute atomic E-state index is 0.0201. The van der Waals surface area contributed by atoms with Gasteiger partial charge in [-0.05, 0) is 24.1 Å². The van der Waals surface area contributed by atoms with E-state index in [0.29, 0.717) is 27.9 Å². The number of nitrogens with one attached hydrogen (secondary N) is 1. The van der Waals surface area contributed by atoms with Gasteiger partial charge in [-0.1, -0.05) is 6.92 Å². The summed E-state index contributed by atoms with van der Waals surface area (Å²) in [6.07, 6.45) is -0.0201. The third-order valence-electron chi connectivity index (χ3n) is 6.37. The zero-order chi connectivity index (χ0) is 24.6. The van der Waals surface area contributed by atoms with Crippen molar-refractivity contribution in [1.82, 2.24) is 14.3 Å². The Bertz CT molecular complexity index is 1590. The fourth-order valence-corrected chi connectivity index (χ4v) is 4.92. The molecule has 178 valence electrons. The van der Waals surface area contributed by atoms with Crippen LogP contribution in [-0.4, -0.2) is 29.0 Å². The zero-order valence-electron chi connectivity index (χ0n) is 17.9. The van der Waals surface area contributed by atoms with Crippen LogP contribution in [0.3, 0.4) is 0 Å². The Kier molecular flexibility index (Phi) is 4.81. The van der Waals surface area contributed by atoms with Crippen LogP contribution in [0, 0.1) is 5.82 Å². The van der Waals surface area contributed by atoms with Crippen molar-refractivity contribution < 1.29 is 27.4 Å². The fourth-order valence-electron chi connectivity index (χ4n) is 4.57. The molecule has 0 aliphatic carbocycles. The lowest BCUT2D eigenvalue weighted by atomic mass is 9.86. The fraction of sp³-hybridized carbons (Fsp3) is 0.286. The first-order valence-electron chi connectivity index (χ1n) is 10.3. The summed E-state index contributed by atoms with van der Waals surface area (Å²) >= 11 is 0. The van der Waals surface area contributed by atoms with Gasteiger partial charge in [0.2, 0.25) is 0 Å². The number of benzene rings is 1. The zero-order valence-corrected chi connectivity index (χ0v) is 18.7. The number of rotatable bonds is 4. The third-order valence-corrected chi connectivity index (χ3v) is 6.92. The molecule has 34 heavy (non-hydrogen) atoms. The number of halogens is 1. The van der Waals surface area contributed by atoms with E-state index < -0.39 is 33.2 Å². The van der Waals surface area contributed by atoms with Crippen molar-refractivity contribution in [2.24, 2.45) is 5.14 Å². The lowest BCUT2D eigenvalue weighted by Gasteiger charge is -2.31. The molecule has 0 saturated carbocycles. The Morgan fingerprint density at radius 1 is 1.29 bits per heavy atom. The van der Waals surface area contributed by atoms with E-state index in [0.717, 1.165) is 6.07 Å². The number of hydrogen-bond acceptors (Lipinski definition) is 8. The predicted molar refractivity (Wildman–Crippen MR) is 119 cm³/mol. The number of nitrogens with zero attached hydrogens (tertiary/aromatic N) is 2. The van der Waals surface area contributed by atoms with E-state index in [1.165, 1.54) is 16.7 Å². The van der Waals surface area contributed by atoms with Gasteiger partial charge in [-0.3, -0.25) is 4.79 Å². The van der Waals surface area contributed by atoms with Crippen LogP contribution in [0.2, 0.25) is 0 Å². The van der Waals surface area contributed by atoms with Gasteiger partial charge in [0.15, 0.2) is 5.60 Å². The first kappa shape index (κ1) is 22.4. The lowest BCUT2D eigenvalue weighted by Crippen LogP contribution is -2.44. The molecule has 0 radical (unpaired) electrons. The molecule has 2 aromatic heterocycles. The van der Waals surface area contributed by atoms with Gasteiger partial charge in [0.1, 0.15) is 12.4 Å². The van der Waals surface area contributed by atoms with E-state index in [2.05, 4.69) is 9.71 Å².